The minimum Gasteiger partial charge on any atom is -0.456 e. The van der Waals surface area contributed by atoms with Gasteiger partial charge in [0.15, 0.2) is 0 Å². The molecule has 0 aliphatic carbocycles. The third-order valence-corrected chi connectivity index (χ3v) is 8.41. The number of benzene rings is 8. The van der Waals surface area contributed by atoms with Gasteiger partial charge in [0.2, 0.25) is 0 Å². The number of hydrogen-bond donors (Lipinski definition) is 0. The van der Waals surface area contributed by atoms with Gasteiger partial charge in [0, 0.05) is 10.8 Å². The SMILES string of the molecule is [2H]c1c([2H])c([2H])c(-c2cc(-c3c4ccccc4c(-c4c([2H])c([2H])c(-c5ccccc5)c([2H])c4[2H])c4ccccc34)c3c(c2)oc2ccccc23)c([2H])c1[2H]. The normalized spacial score (nSPS) is 14.4. The number of furan rings is 1. The fourth-order valence-electron chi connectivity index (χ4n) is 6.46. The summed E-state index contributed by atoms with van der Waals surface area (Å²) >= 11 is 0. The summed E-state index contributed by atoms with van der Waals surface area (Å²) in [6, 6.07) is 33.0. The van der Waals surface area contributed by atoms with Crippen LogP contribution in [-0.2, 0) is 0 Å². The second-order valence-corrected chi connectivity index (χ2v) is 11.0. The monoisotopic (exact) mass is 581 g/mol. The summed E-state index contributed by atoms with van der Waals surface area (Å²) in [5.41, 5.74) is 4.62. The third kappa shape index (κ3) is 4.17. The van der Waals surface area contributed by atoms with E-state index in [0.29, 0.717) is 44.2 Å². The molecule has 45 heavy (non-hydrogen) atoms. The Morgan fingerprint density at radius 3 is 1.58 bits per heavy atom. The fourth-order valence-corrected chi connectivity index (χ4v) is 6.46. The zero-order valence-corrected chi connectivity index (χ0v) is 23.9. The number of fused-ring (bicyclic) bond motifs is 5. The number of rotatable bonds is 4. The van der Waals surface area contributed by atoms with Gasteiger partial charge in [-0.1, -0.05) is 151 Å². The molecule has 0 saturated carbocycles. The molecule has 0 amide bonds. The Morgan fingerprint density at radius 2 is 0.911 bits per heavy atom. The molecule has 8 aromatic carbocycles. The summed E-state index contributed by atoms with van der Waals surface area (Å²) in [5.74, 6) is 0. The molecule has 0 aliphatic rings. The van der Waals surface area contributed by atoms with E-state index in [-0.39, 0.29) is 52.9 Å². The van der Waals surface area contributed by atoms with Crippen LogP contribution in [-0.4, -0.2) is 0 Å². The molecular weight excluding hydrogens is 544 g/mol. The minimum atomic E-state index is -0.475. The maximum absolute atomic E-state index is 9.34. The maximum Gasteiger partial charge on any atom is 0.136 e. The Labute approximate surface area is 274 Å². The summed E-state index contributed by atoms with van der Waals surface area (Å²) in [5, 5.41) is 4.55. The summed E-state index contributed by atoms with van der Waals surface area (Å²) < 4.78 is 86.0. The second kappa shape index (κ2) is 10.4. The first-order valence-corrected chi connectivity index (χ1v) is 14.7. The average Bonchev–Trinajstić information content (AvgIpc) is 3.57. The molecule has 0 N–H and O–H groups in total. The summed E-state index contributed by atoms with van der Waals surface area (Å²) in [7, 11) is 0. The van der Waals surface area contributed by atoms with Gasteiger partial charge in [0.25, 0.3) is 0 Å². The number of hydrogen-bond acceptors (Lipinski definition) is 1. The molecule has 210 valence electrons. The lowest BCUT2D eigenvalue weighted by molar-refractivity contribution is 0.669. The van der Waals surface area contributed by atoms with Gasteiger partial charge in [-0.2, -0.15) is 0 Å². The zero-order chi connectivity index (χ0) is 37.6. The Balaban J connectivity index is 1.44. The van der Waals surface area contributed by atoms with Crippen LogP contribution in [0.2, 0.25) is 0 Å². The van der Waals surface area contributed by atoms with Crippen molar-refractivity contribution in [1.82, 2.24) is 0 Å². The Kier molecular flexibility index (Phi) is 4.15. The van der Waals surface area contributed by atoms with E-state index >= 15 is 0 Å². The van der Waals surface area contributed by atoms with Gasteiger partial charge in [-0.25, -0.2) is 0 Å². The Hall–Kier alpha value is -5.92. The van der Waals surface area contributed by atoms with E-state index in [1.54, 1.807) is 18.2 Å². The molecule has 0 spiro atoms. The van der Waals surface area contributed by atoms with Crippen LogP contribution in [0.25, 0.3) is 88.0 Å². The summed E-state index contributed by atoms with van der Waals surface area (Å²) in [4.78, 5) is 0. The molecule has 1 aromatic heterocycles. The van der Waals surface area contributed by atoms with Crippen molar-refractivity contribution in [3.8, 4) is 44.5 Å². The van der Waals surface area contributed by atoms with Crippen molar-refractivity contribution < 1.29 is 16.8 Å². The van der Waals surface area contributed by atoms with Gasteiger partial charge in [-0.3, -0.25) is 0 Å². The topological polar surface area (TPSA) is 13.1 Å². The van der Waals surface area contributed by atoms with Crippen molar-refractivity contribution in [2.24, 2.45) is 0 Å². The van der Waals surface area contributed by atoms with Gasteiger partial charge in [0.1, 0.15) is 11.2 Å². The van der Waals surface area contributed by atoms with Crippen molar-refractivity contribution >= 4 is 43.5 Å². The highest BCUT2D eigenvalue weighted by molar-refractivity contribution is 6.26. The van der Waals surface area contributed by atoms with Crippen LogP contribution >= 0.6 is 0 Å². The van der Waals surface area contributed by atoms with Crippen LogP contribution in [0.4, 0.5) is 0 Å². The van der Waals surface area contributed by atoms with E-state index in [2.05, 4.69) is 0 Å². The Bertz CT molecular complexity index is 2930. The predicted molar refractivity (Wildman–Crippen MR) is 190 cm³/mol. The molecule has 1 nitrogen and oxygen atoms in total. The quantitative estimate of drug-likeness (QED) is 0.188. The van der Waals surface area contributed by atoms with Crippen LogP contribution in [0.15, 0.2) is 174 Å². The van der Waals surface area contributed by atoms with E-state index in [1.807, 2.05) is 97.1 Å². The molecule has 0 fully saturated rings. The van der Waals surface area contributed by atoms with Crippen molar-refractivity contribution in [2.75, 3.05) is 0 Å². The van der Waals surface area contributed by atoms with Gasteiger partial charge < -0.3 is 4.42 Å². The predicted octanol–water partition coefficient (Wildman–Crippen LogP) is 12.6. The molecule has 0 bridgehead atoms. The van der Waals surface area contributed by atoms with Crippen LogP contribution in [0.3, 0.4) is 0 Å². The van der Waals surface area contributed by atoms with Gasteiger partial charge >= 0.3 is 0 Å². The summed E-state index contributed by atoms with van der Waals surface area (Å²) in [6.07, 6.45) is 0. The molecular formula is C44H28O. The van der Waals surface area contributed by atoms with E-state index in [0.717, 1.165) is 27.1 Å². The van der Waals surface area contributed by atoms with Gasteiger partial charge in [-0.05, 0) is 84.3 Å². The highest BCUT2D eigenvalue weighted by Gasteiger charge is 2.21. The standard InChI is InChI=1S/C44H28O/c1-3-13-29(14-4-1)31-23-25-32(26-24-31)42-34-17-7-9-19-36(34)43(37-20-10-8-18-35(37)42)39-27-33(30-15-5-2-6-16-30)28-41-44(39)38-21-11-12-22-40(38)45-41/h1-28H/i2D,5D,6D,15D,16D,23D,24D,25D,26D. The highest BCUT2D eigenvalue weighted by Crippen LogP contribution is 2.48. The smallest absolute Gasteiger partial charge is 0.136 e. The molecule has 0 radical (unpaired) electrons. The van der Waals surface area contributed by atoms with E-state index in [1.165, 1.54) is 0 Å². The lowest BCUT2D eigenvalue weighted by atomic mass is 9.84. The number of para-hydroxylation sites is 1. The van der Waals surface area contributed by atoms with Crippen LogP contribution in [0.5, 0.6) is 0 Å². The van der Waals surface area contributed by atoms with Gasteiger partial charge in [0.05, 0.1) is 12.3 Å². The minimum absolute atomic E-state index is 0.0528. The van der Waals surface area contributed by atoms with Crippen LogP contribution < -0.4 is 0 Å². The highest BCUT2D eigenvalue weighted by atomic mass is 16.3. The van der Waals surface area contributed by atoms with Crippen LogP contribution in [0.1, 0.15) is 12.3 Å². The average molecular weight is 582 g/mol. The van der Waals surface area contributed by atoms with Crippen LogP contribution in [0, 0.1) is 0 Å². The molecule has 9 aromatic rings. The van der Waals surface area contributed by atoms with Crippen molar-refractivity contribution in [3.63, 3.8) is 0 Å². The first-order valence-electron chi connectivity index (χ1n) is 19.2. The molecule has 1 heterocycles. The molecule has 0 unspecified atom stereocenters. The Morgan fingerprint density at radius 1 is 0.378 bits per heavy atom. The molecule has 9 rings (SSSR count). The first kappa shape index (κ1) is 18.0. The third-order valence-electron chi connectivity index (χ3n) is 8.41. The maximum atomic E-state index is 9.34. The lowest BCUT2D eigenvalue weighted by Crippen LogP contribution is -1.92. The summed E-state index contributed by atoms with van der Waals surface area (Å²) in [6.45, 7) is 0. The van der Waals surface area contributed by atoms with Crippen molar-refractivity contribution in [1.29, 1.82) is 0 Å². The second-order valence-electron chi connectivity index (χ2n) is 11.0. The van der Waals surface area contributed by atoms with E-state index in [4.69, 9.17) is 14.0 Å². The van der Waals surface area contributed by atoms with E-state index in [9.17, 15) is 2.74 Å². The largest absolute Gasteiger partial charge is 0.456 e. The molecule has 0 saturated heterocycles. The molecule has 0 atom stereocenters. The zero-order valence-electron chi connectivity index (χ0n) is 32.9. The molecule has 0 aliphatic heterocycles. The van der Waals surface area contributed by atoms with E-state index < -0.39 is 18.1 Å². The van der Waals surface area contributed by atoms with Gasteiger partial charge in [-0.15, -0.1) is 0 Å². The first-order chi connectivity index (χ1) is 26.1. The van der Waals surface area contributed by atoms with Crippen molar-refractivity contribution in [2.45, 2.75) is 0 Å². The lowest BCUT2D eigenvalue weighted by Gasteiger charge is -2.19. The molecule has 1 heteroatoms. The van der Waals surface area contributed by atoms with Crippen molar-refractivity contribution in [3.05, 3.63) is 170 Å². The fraction of sp³-hybridized carbons (Fsp3) is 0.